The zero-order valence-corrected chi connectivity index (χ0v) is 13.9. The van der Waals surface area contributed by atoms with Crippen LogP contribution in [0.3, 0.4) is 0 Å². The summed E-state index contributed by atoms with van der Waals surface area (Å²) in [5.41, 5.74) is 6.58. The van der Waals surface area contributed by atoms with Crippen LogP contribution in [0.4, 0.5) is 0 Å². The van der Waals surface area contributed by atoms with E-state index in [1.165, 1.54) is 0 Å². The van der Waals surface area contributed by atoms with E-state index in [1.807, 2.05) is 58.0 Å². The molecule has 118 valence electrons. The Hall–Kier alpha value is -0.950. The van der Waals surface area contributed by atoms with Crippen molar-refractivity contribution in [3.8, 4) is 0 Å². The average Bonchev–Trinajstić information content (AvgIpc) is 2.68. The lowest BCUT2D eigenvalue weighted by Gasteiger charge is -2.29. The van der Waals surface area contributed by atoms with Crippen molar-refractivity contribution in [2.24, 2.45) is 0 Å². The second-order valence-corrected chi connectivity index (χ2v) is 8.36. The van der Waals surface area contributed by atoms with Gasteiger partial charge in [-0.15, -0.1) is 0 Å². The first kappa shape index (κ1) is 16.4. The maximum absolute atomic E-state index is 12.7. The molecule has 1 heterocycles. The van der Waals surface area contributed by atoms with Crippen molar-refractivity contribution in [3.05, 3.63) is 35.9 Å². The molecule has 5 nitrogen and oxygen atoms in total. The molecule has 1 aliphatic heterocycles. The average molecular weight is 311 g/mol. The highest BCUT2D eigenvalue weighted by atomic mass is 32.2. The van der Waals surface area contributed by atoms with Crippen LogP contribution in [0, 0.1) is 0 Å². The van der Waals surface area contributed by atoms with Gasteiger partial charge in [-0.2, -0.15) is 0 Å². The van der Waals surface area contributed by atoms with E-state index in [1.54, 1.807) is 0 Å². The number of rotatable bonds is 5. The summed E-state index contributed by atoms with van der Waals surface area (Å²) in [6.45, 7) is 7.60. The van der Waals surface area contributed by atoms with Gasteiger partial charge in [0.25, 0.3) is 0 Å². The molecule has 1 saturated heterocycles. The van der Waals surface area contributed by atoms with Crippen molar-refractivity contribution in [2.45, 2.75) is 57.0 Å². The van der Waals surface area contributed by atoms with Gasteiger partial charge in [-0.3, -0.25) is 10.9 Å². The van der Waals surface area contributed by atoms with E-state index in [-0.39, 0.29) is 12.1 Å². The number of sulfonamides is 1. The van der Waals surface area contributed by atoms with Crippen LogP contribution >= 0.6 is 0 Å². The van der Waals surface area contributed by atoms with Gasteiger partial charge in [0.05, 0.1) is 0 Å². The highest BCUT2D eigenvalue weighted by Crippen LogP contribution is 2.19. The van der Waals surface area contributed by atoms with E-state index in [0.29, 0.717) is 6.42 Å². The Bertz CT molecular complexity index is 562. The van der Waals surface area contributed by atoms with Crippen LogP contribution in [0.15, 0.2) is 30.3 Å². The summed E-state index contributed by atoms with van der Waals surface area (Å²) in [6, 6.07) is 9.68. The summed E-state index contributed by atoms with van der Waals surface area (Å²) < 4.78 is 28.2. The SMILES string of the molecule is CC1NNC(C)C1S(=O)(=O)NC(C)(C)Cc1ccccc1. The normalized spacial score (nSPS) is 27.0. The van der Waals surface area contributed by atoms with Crippen molar-refractivity contribution in [1.82, 2.24) is 15.6 Å². The molecule has 1 aromatic rings. The summed E-state index contributed by atoms with van der Waals surface area (Å²) in [5, 5.41) is -0.479. The Kier molecular flexibility index (Phi) is 4.72. The van der Waals surface area contributed by atoms with Crippen LogP contribution in [0.25, 0.3) is 0 Å². The Balaban J connectivity index is 2.11. The molecule has 0 aliphatic carbocycles. The van der Waals surface area contributed by atoms with Crippen LogP contribution in [-0.4, -0.2) is 31.3 Å². The van der Waals surface area contributed by atoms with Crippen LogP contribution in [0.5, 0.6) is 0 Å². The third-order valence-electron chi connectivity index (χ3n) is 3.79. The molecule has 1 aliphatic rings. The maximum Gasteiger partial charge on any atom is 0.218 e. The zero-order chi connectivity index (χ0) is 15.7. The molecule has 21 heavy (non-hydrogen) atoms. The molecular formula is C15H25N3O2S. The summed E-state index contributed by atoms with van der Waals surface area (Å²) in [5.74, 6) is 0. The topological polar surface area (TPSA) is 70.2 Å². The second-order valence-electron chi connectivity index (χ2n) is 6.52. The fourth-order valence-corrected chi connectivity index (χ4v) is 5.18. The molecule has 0 amide bonds. The fourth-order valence-electron chi connectivity index (χ4n) is 2.99. The van der Waals surface area contributed by atoms with E-state index in [4.69, 9.17) is 0 Å². The van der Waals surface area contributed by atoms with Gasteiger partial charge >= 0.3 is 0 Å². The summed E-state index contributed by atoms with van der Waals surface area (Å²) in [6.07, 6.45) is 0.656. The molecule has 0 radical (unpaired) electrons. The first-order valence-electron chi connectivity index (χ1n) is 7.29. The van der Waals surface area contributed by atoms with E-state index < -0.39 is 20.8 Å². The van der Waals surface area contributed by atoms with Crippen LogP contribution < -0.4 is 15.6 Å². The number of hydrogen-bond acceptors (Lipinski definition) is 4. The highest BCUT2D eigenvalue weighted by Gasteiger charge is 2.42. The summed E-state index contributed by atoms with van der Waals surface area (Å²) in [4.78, 5) is 0. The molecule has 1 aromatic carbocycles. The van der Waals surface area contributed by atoms with E-state index in [9.17, 15) is 8.42 Å². The molecule has 2 atom stereocenters. The summed E-state index contributed by atoms with van der Waals surface area (Å²) in [7, 11) is -3.41. The van der Waals surface area contributed by atoms with Gasteiger partial charge in [0.1, 0.15) is 5.25 Å². The Morgan fingerprint density at radius 3 is 2.14 bits per heavy atom. The predicted octanol–water partition coefficient (Wildman–Crippen LogP) is 1.18. The summed E-state index contributed by atoms with van der Waals surface area (Å²) >= 11 is 0. The number of benzene rings is 1. The Labute approximate surface area is 127 Å². The van der Waals surface area contributed by atoms with Crippen LogP contribution in [0.2, 0.25) is 0 Å². The Morgan fingerprint density at radius 1 is 1.10 bits per heavy atom. The van der Waals surface area contributed by atoms with Crippen LogP contribution in [-0.2, 0) is 16.4 Å². The molecule has 0 saturated carbocycles. The minimum atomic E-state index is -3.41. The quantitative estimate of drug-likeness (QED) is 0.764. The van der Waals surface area contributed by atoms with E-state index in [0.717, 1.165) is 5.56 Å². The molecule has 6 heteroatoms. The van der Waals surface area contributed by atoms with Gasteiger partial charge in [0, 0.05) is 17.6 Å². The van der Waals surface area contributed by atoms with E-state index in [2.05, 4.69) is 15.6 Å². The number of hydrazine groups is 1. The van der Waals surface area contributed by atoms with Crippen LogP contribution in [0.1, 0.15) is 33.3 Å². The standard InChI is InChI=1S/C15H25N3O2S/c1-11-14(12(2)17-16-11)21(19,20)18-15(3,4)10-13-8-6-5-7-9-13/h5-9,11-12,14,16-18H,10H2,1-4H3. The fraction of sp³-hybridized carbons (Fsp3) is 0.600. The first-order chi connectivity index (χ1) is 9.71. The lowest BCUT2D eigenvalue weighted by molar-refractivity contribution is 0.441. The van der Waals surface area contributed by atoms with Gasteiger partial charge in [0.15, 0.2) is 0 Å². The molecular weight excluding hydrogens is 286 g/mol. The van der Waals surface area contributed by atoms with Gasteiger partial charge in [-0.25, -0.2) is 13.1 Å². The first-order valence-corrected chi connectivity index (χ1v) is 8.84. The van der Waals surface area contributed by atoms with Gasteiger partial charge in [-0.05, 0) is 39.7 Å². The van der Waals surface area contributed by atoms with Gasteiger partial charge in [0.2, 0.25) is 10.0 Å². The highest BCUT2D eigenvalue weighted by molar-refractivity contribution is 7.90. The minimum absolute atomic E-state index is 0.120. The third-order valence-corrected chi connectivity index (χ3v) is 6.16. The maximum atomic E-state index is 12.7. The van der Waals surface area contributed by atoms with Crippen molar-refractivity contribution >= 4 is 10.0 Å². The molecule has 0 bridgehead atoms. The second kappa shape index (κ2) is 6.04. The van der Waals surface area contributed by atoms with Crippen molar-refractivity contribution < 1.29 is 8.42 Å². The molecule has 1 fully saturated rings. The number of hydrogen-bond donors (Lipinski definition) is 3. The smallest absolute Gasteiger partial charge is 0.218 e. The number of nitrogens with one attached hydrogen (secondary N) is 3. The van der Waals surface area contributed by atoms with Crippen molar-refractivity contribution in [2.75, 3.05) is 0 Å². The van der Waals surface area contributed by atoms with E-state index >= 15 is 0 Å². The zero-order valence-electron chi connectivity index (χ0n) is 13.1. The lowest BCUT2D eigenvalue weighted by Crippen LogP contribution is -2.53. The monoisotopic (exact) mass is 311 g/mol. The molecule has 0 aromatic heterocycles. The molecule has 0 spiro atoms. The molecule has 2 unspecified atom stereocenters. The van der Waals surface area contributed by atoms with Crippen molar-refractivity contribution in [3.63, 3.8) is 0 Å². The third kappa shape index (κ3) is 4.03. The van der Waals surface area contributed by atoms with Crippen molar-refractivity contribution in [1.29, 1.82) is 0 Å². The minimum Gasteiger partial charge on any atom is -0.253 e. The van der Waals surface area contributed by atoms with Gasteiger partial charge in [-0.1, -0.05) is 30.3 Å². The lowest BCUT2D eigenvalue weighted by atomic mass is 9.96. The molecule has 3 N–H and O–H groups in total. The molecule has 2 rings (SSSR count). The van der Waals surface area contributed by atoms with Gasteiger partial charge < -0.3 is 0 Å². The predicted molar refractivity (Wildman–Crippen MR) is 85.3 cm³/mol. The Morgan fingerprint density at radius 2 is 1.62 bits per heavy atom. The largest absolute Gasteiger partial charge is 0.253 e.